The summed E-state index contributed by atoms with van der Waals surface area (Å²) in [5, 5.41) is 0. The van der Waals surface area contributed by atoms with E-state index in [-0.39, 0.29) is 17.8 Å². The van der Waals surface area contributed by atoms with E-state index in [1.165, 1.54) is 25.8 Å². The van der Waals surface area contributed by atoms with Crippen LogP contribution in [0.3, 0.4) is 0 Å². The molecule has 4 heteroatoms. The van der Waals surface area contributed by atoms with E-state index in [1.807, 2.05) is 13.8 Å². The molecule has 0 aromatic carbocycles. The topological polar surface area (TPSA) is 34.2 Å². The van der Waals surface area contributed by atoms with Crippen molar-refractivity contribution in [3.05, 3.63) is 0 Å². The van der Waals surface area contributed by atoms with Crippen LogP contribution in [0.2, 0.25) is 0 Å². The number of rotatable bonds is 0. The summed E-state index contributed by atoms with van der Waals surface area (Å²) in [6, 6.07) is 0.565. The molecule has 0 aromatic rings. The van der Waals surface area contributed by atoms with Gasteiger partial charge in [-0.05, 0) is 33.2 Å². The molecule has 4 aliphatic rings. The third-order valence-corrected chi connectivity index (χ3v) is 4.74. The molecule has 96 valence electrons. The van der Waals surface area contributed by atoms with Gasteiger partial charge in [-0.15, -0.1) is 0 Å². The van der Waals surface area contributed by atoms with Gasteiger partial charge in [0, 0.05) is 12.6 Å². The minimum atomic E-state index is -0.442. The molecule has 0 radical (unpaired) electrons. The molecule has 0 N–H and O–H groups in total. The largest absolute Gasteiger partial charge is 0.365 e. The smallest absolute Gasteiger partial charge is 0.163 e. The van der Waals surface area contributed by atoms with Crippen LogP contribution in [-0.2, 0) is 14.2 Å². The second kappa shape index (κ2) is 3.23. The van der Waals surface area contributed by atoms with Crippen molar-refractivity contribution in [1.82, 2.24) is 4.90 Å². The summed E-state index contributed by atoms with van der Waals surface area (Å²) in [6.07, 6.45) is 4.24. The molecule has 4 rings (SSSR count). The van der Waals surface area contributed by atoms with Gasteiger partial charge in [-0.1, -0.05) is 6.42 Å². The summed E-state index contributed by atoms with van der Waals surface area (Å²) in [7, 11) is 0. The fraction of sp³-hybridized carbons (Fsp3) is 1.00. The van der Waals surface area contributed by atoms with Crippen LogP contribution in [-0.4, -0.2) is 54.2 Å². The second-order valence-electron chi connectivity index (χ2n) is 6.34. The molecule has 1 spiro atoms. The van der Waals surface area contributed by atoms with Crippen LogP contribution in [0.15, 0.2) is 0 Å². The third-order valence-electron chi connectivity index (χ3n) is 4.74. The van der Waals surface area contributed by atoms with Crippen LogP contribution in [0.25, 0.3) is 0 Å². The molecule has 17 heavy (non-hydrogen) atoms. The highest BCUT2D eigenvalue weighted by molar-refractivity contribution is 5.17. The molecule has 4 aliphatic heterocycles. The fourth-order valence-electron chi connectivity index (χ4n) is 4.01. The lowest BCUT2D eigenvalue weighted by atomic mass is 9.80. The van der Waals surface area contributed by atoms with Gasteiger partial charge in [-0.25, -0.2) is 0 Å². The summed E-state index contributed by atoms with van der Waals surface area (Å²) in [4.78, 5) is 2.57. The van der Waals surface area contributed by atoms with E-state index >= 15 is 0 Å². The Labute approximate surface area is 102 Å². The quantitative estimate of drug-likeness (QED) is 0.594. The number of hydrogen-bond acceptors (Lipinski definition) is 4. The Bertz CT molecular complexity index is 340. The van der Waals surface area contributed by atoms with Gasteiger partial charge in [0.25, 0.3) is 0 Å². The summed E-state index contributed by atoms with van der Waals surface area (Å²) < 4.78 is 18.0. The molecule has 4 heterocycles. The van der Waals surface area contributed by atoms with Crippen molar-refractivity contribution in [3.63, 3.8) is 0 Å². The van der Waals surface area contributed by atoms with E-state index in [2.05, 4.69) is 4.90 Å². The Morgan fingerprint density at radius 3 is 2.76 bits per heavy atom. The fourth-order valence-corrected chi connectivity index (χ4v) is 4.01. The van der Waals surface area contributed by atoms with Gasteiger partial charge in [0.15, 0.2) is 5.79 Å². The number of nitrogens with zero attached hydrogens (tertiary/aromatic N) is 1. The molecular formula is C13H21NO3. The molecule has 4 nitrogen and oxygen atoms in total. The Balaban J connectivity index is 1.66. The van der Waals surface area contributed by atoms with Crippen molar-refractivity contribution >= 4 is 0 Å². The zero-order valence-corrected chi connectivity index (χ0v) is 10.6. The van der Waals surface area contributed by atoms with Gasteiger partial charge < -0.3 is 14.2 Å². The standard InChI is InChI=1S/C13H21NO3/c1-12(2)16-9-7-14-6-4-3-5-10(14)13(8-15-13)11(9)17-12/h9-11H,3-8H2,1-2H3/t9-,10+,11+,13+/m0/s1. The molecule has 4 fully saturated rings. The van der Waals surface area contributed by atoms with Crippen LogP contribution >= 0.6 is 0 Å². The van der Waals surface area contributed by atoms with E-state index in [4.69, 9.17) is 14.2 Å². The van der Waals surface area contributed by atoms with E-state index in [0.29, 0.717) is 6.04 Å². The van der Waals surface area contributed by atoms with E-state index in [1.54, 1.807) is 0 Å². The van der Waals surface area contributed by atoms with Crippen molar-refractivity contribution in [1.29, 1.82) is 0 Å². The maximum Gasteiger partial charge on any atom is 0.163 e. The zero-order chi connectivity index (χ0) is 11.7. The number of epoxide rings is 1. The van der Waals surface area contributed by atoms with Gasteiger partial charge in [-0.2, -0.15) is 0 Å². The highest BCUT2D eigenvalue weighted by Crippen LogP contribution is 2.51. The molecule has 0 saturated carbocycles. The predicted octanol–water partition coefficient (Wildman–Crippen LogP) is 1.14. The minimum Gasteiger partial charge on any atom is -0.365 e. The van der Waals surface area contributed by atoms with Gasteiger partial charge in [-0.3, -0.25) is 4.90 Å². The van der Waals surface area contributed by atoms with Crippen LogP contribution < -0.4 is 0 Å². The zero-order valence-electron chi connectivity index (χ0n) is 10.6. The van der Waals surface area contributed by atoms with Crippen LogP contribution in [0.4, 0.5) is 0 Å². The lowest BCUT2D eigenvalue weighted by Crippen LogP contribution is -2.63. The van der Waals surface area contributed by atoms with E-state index < -0.39 is 5.79 Å². The molecule has 0 aliphatic carbocycles. The van der Waals surface area contributed by atoms with Crippen molar-refractivity contribution in [2.75, 3.05) is 19.7 Å². The van der Waals surface area contributed by atoms with Crippen molar-refractivity contribution < 1.29 is 14.2 Å². The third kappa shape index (κ3) is 1.44. The first-order chi connectivity index (χ1) is 8.11. The number of fused-ring (bicyclic) bond motifs is 4. The van der Waals surface area contributed by atoms with Crippen LogP contribution in [0.1, 0.15) is 33.1 Å². The Kier molecular flexibility index (Phi) is 2.04. The number of ether oxygens (including phenoxy) is 3. The molecule has 0 unspecified atom stereocenters. The first-order valence-electron chi connectivity index (χ1n) is 6.84. The summed E-state index contributed by atoms with van der Waals surface area (Å²) >= 11 is 0. The average Bonchev–Trinajstić information content (AvgIpc) is 2.99. The molecular weight excluding hydrogens is 218 g/mol. The monoisotopic (exact) mass is 239 g/mol. The molecule has 4 atom stereocenters. The van der Waals surface area contributed by atoms with Crippen LogP contribution in [0.5, 0.6) is 0 Å². The number of hydrogen-bond donors (Lipinski definition) is 0. The van der Waals surface area contributed by atoms with Crippen molar-refractivity contribution in [2.24, 2.45) is 0 Å². The Hall–Kier alpha value is -0.160. The van der Waals surface area contributed by atoms with Crippen molar-refractivity contribution in [2.45, 2.75) is 62.7 Å². The van der Waals surface area contributed by atoms with Crippen LogP contribution in [0, 0.1) is 0 Å². The second-order valence-corrected chi connectivity index (χ2v) is 6.34. The Morgan fingerprint density at radius 1 is 1.18 bits per heavy atom. The highest BCUT2D eigenvalue weighted by Gasteiger charge is 2.68. The number of piperidine rings is 2. The Morgan fingerprint density at radius 2 is 2.00 bits per heavy atom. The first-order valence-corrected chi connectivity index (χ1v) is 6.84. The highest BCUT2D eigenvalue weighted by atomic mass is 16.8. The lowest BCUT2D eigenvalue weighted by molar-refractivity contribution is -0.150. The average molecular weight is 239 g/mol. The maximum absolute atomic E-state index is 6.11. The normalized spacial score (nSPS) is 52.2. The summed E-state index contributed by atoms with van der Waals surface area (Å²) in [6.45, 7) is 7.10. The van der Waals surface area contributed by atoms with Gasteiger partial charge in [0.2, 0.25) is 0 Å². The minimum absolute atomic E-state index is 0.0445. The SMILES string of the molecule is CC1(C)O[C@H]2CN3CCCC[C@@H]3[C@]3(CO3)[C@@H]2O1. The van der Waals surface area contributed by atoms with Gasteiger partial charge in [0.05, 0.1) is 6.61 Å². The molecule has 0 bridgehead atoms. The lowest BCUT2D eigenvalue weighted by Gasteiger charge is -2.46. The summed E-state index contributed by atoms with van der Waals surface area (Å²) in [5.74, 6) is -0.442. The molecule has 4 saturated heterocycles. The maximum atomic E-state index is 6.11. The first kappa shape index (κ1) is 10.7. The molecule has 0 aromatic heterocycles. The van der Waals surface area contributed by atoms with Crippen molar-refractivity contribution in [3.8, 4) is 0 Å². The van der Waals surface area contributed by atoms with E-state index in [0.717, 1.165) is 13.2 Å². The molecule has 0 amide bonds. The summed E-state index contributed by atoms with van der Waals surface area (Å²) in [5.41, 5.74) is -0.0445. The van der Waals surface area contributed by atoms with E-state index in [9.17, 15) is 0 Å². The van der Waals surface area contributed by atoms with Gasteiger partial charge in [0.1, 0.15) is 17.8 Å². The predicted molar refractivity (Wildman–Crippen MR) is 61.7 cm³/mol. The van der Waals surface area contributed by atoms with Gasteiger partial charge >= 0.3 is 0 Å².